The third-order valence-electron chi connectivity index (χ3n) is 6.71. The fourth-order valence-corrected chi connectivity index (χ4v) is 4.67. The first kappa shape index (κ1) is 26.8. The Morgan fingerprint density at radius 1 is 1.10 bits per heavy atom. The summed E-state index contributed by atoms with van der Waals surface area (Å²) in [7, 11) is 0. The van der Waals surface area contributed by atoms with E-state index in [0.29, 0.717) is 33.9 Å². The van der Waals surface area contributed by atoms with Crippen LogP contribution in [0.5, 0.6) is 11.6 Å². The predicted molar refractivity (Wildman–Crippen MR) is 139 cm³/mol. The number of hydrogen-bond acceptors (Lipinski definition) is 7. The lowest BCUT2D eigenvalue weighted by Crippen LogP contribution is -2.38. The molecule has 4 aromatic rings. The summed E-state index contributed by atoms with van der Waals surface area (Å²) in [6, 6.07) is 11.2. The number of pyridine rings is 1. The van der Waals surface area contributed by atoms with Crippen molar-refractivity contribution in [3.8, 4) is 22.9 Å². The van der Waals surface area contributed by atoms with Gasteiger partial charge in [-0.1, -0.05) is 12.1 Å². The van der Waals surface area contributed by atoms with Crippen LogP contribution in [0.4, 0.5) is 23.5 Å². The summed E-state index contributed by atoms with van der Waals surface area (Å²) < 4.78 is 60.0. The van der Waals surface area contributed by atoms with Crippen molar-refractivity contribution in [3.05, 3.63) is 71.8 Å². The van der Waals surface area contributed by atoms with Crippen LogP contribution in [0.25, 0.3) is 22.0 Å². The Balaban J connectivity index is 1.50. The topological polar surface area (TPSA) is 92.2 Å². The van der Waals surface area contributed by atoms with Crippen LogP contribution >= 0.6 is 0 Å². The molecule has 204 valence electrons. The second-order valence-corrected chi connectivity index (χ2v) is 9.51. The first-order valence-corrected chi connectivity index (χ1v) is 12.6. The number of aryl methyl sites for hydroxylation is 1. The highest BCUT2D eigenvalue weighted by molar-refractivity contribution is 5.92. The molecular formula is C28H27F4N5O2. The smallest absolute Gasteiger partial charge is 0.414 e. The van der Waals surface area contributed by atoms with Gasteiger partial charge in [-0.3, -0.25) is 0 Å². The molecule has 2 aromatic heterocycles. The average molecular weight is 542 g/mol. The van der Waals surface area contributed by atoms with Crippen molar-refractivity contribution in [2.75, 3.05) is 18.4 Å². The standard InChI is InChI=1S/C28H27F4N5O2/c1-16-6-7-18-19(8-9-22(29)21(18)14-24(38)28(30,31)32)25(16)39-26-20(5-3-12-34-26)23-10-13-35-27(37-23)36-17-4-2-11-33-15-17/h3,5-10,12-13,17,24,33,38H,2,4,11,14-15H2,1H3,(H,35,36,37)/t17-,24-/m0/s1. The summed E-state index contributed by atoms with van der Waals surface area (Å²) in [6.45, 7) is 3.58. The molecule has 1 fully saturated rings. The zero-order chi connectivity index (χ0) is 27.6. The molecule has 1 aliphatic rings. The number of fused-ring (bicyclic) bond motifs is 1. The van der Waals surface area contributed by atoms with Crippen molar-refractivity contribution >= 4 is 16.7 Å². The van der Waals surface area contributed by atoms with Gasteiger partial charge in [0.1, 0.15) is 11.6 Å². The monoisotopic (exact) mass is 541 g/mol. The Morgan fingerprint density at radius 2 is 1.92 bits per heavy atom. The normalized spacial score (nSPS) is 16.7. The molecule has 39 heavy (non-hydrogen) atoms. The number of hydrogen-bond donors (Lipinski definition) is 3. The summed E-state index contributed by atoms with van der Waals surface area (Å²) in [5.74, 6) is 0.170. The van der Waals surface area contributed by atoms with E-state index >= 15 is 0 Å². The minimum absolute atomic E-state index is 0.211. The summed E-state index contributed by atoms with van der Waals surface area (Å²) in [6.07, 6.45) is -3.23. The molecule has 0 radical (unpaired) electrons. The van der Waals surface area contributed by atoms with Crippen LogP contribution in [0.3, 0.4) is 0 Å². The maximum absolute atomic E-state index is 14.7. The minimum Gasteiger partial charge on any atom is -0.437 e. The average Bonchev–Trinajstić information content (AvgIpc) is 2.92. The van der Waals surface area contributed by atoms with Gasteiger partial charge in [0.15, 0.2) is 6.10 Å². The number of benzene rings is 2. The molecule has 1 aliphatic heterocycles. The van der Waals surface area contributed by atoms with Crippen LogP contribution in [-0.2, 0) is 6.42 Å². The lowest BCUT2D eigenvalue weighted by molar-refractivity contribution is -0.203. The molecule has 7 nitrogen and oxygen atoms in total. The molecule has 0 amide bonds. The highest BCUT2D eigenvalue weighted by Gasteiger charge is 2.39. The zero-order valence-corrected chi connectivity index (χ0v) is 21.1. The van der Waals surface area contributed by atoms with Gasteiger partial charge in [0.05, 0.1) is 11.3 Å². The highest BCUT2D eigenvalue weighted by Crippen LogP contribution is 2.39. The molecule has 3 N–H and O–H groups in total. The van der Waals surface area contributed by atoms with Crippen molar-refractivity contribution in [1.82, 2.24) is 20.3 Å². The third kappa shape index (κ3) is 5.94. The molecule has 11 heteroatoms. The number of halogens is 4. The maximum atomic E-state index is 14.7. The summed E-state index contributed by atoms with van der Waals surface area (Å²) in [4.78, 5) is 13.4. The summed E-state index contributed by atoms with van der Waals surface area (Å²) in [5, 5.41) is 16.9. The number of alkyl halides is 3. The first-order chi connectivity index (χ1) is 18.7. The number of ether oxygens (including phenoxy) is 1. The molecule has 0 bridgehead atoms. The third-order valence-corrected chi connectivity index (χ3v) is 6.71. The van der Waals surface area contributed by atoms with Gasteiger partial charge >= 0.3 is 6.18 Å². The molecule has 0 unspecified atom stereocenters. The van der Waals surface area contributed by atoms with Crippen molar-refractivity contribution in [2.45, 2.75) is 44.5 Å². The van der Waals surface area contributed by atoms with Crippen molar-refractivity contribution in [1.29, 1.82) is 0 Å². The second-order valence-electron chi connectivity index (χ2n) is 9.51. The number of aromatic nitrogens is 3. The molecule has 0 spiro atoms. The lowest BCUT2D eigenvalue weighted by Gasteiger charge is -2.23. The van der Waals surface area contributed by atoms with Gasteiger partial charge in [0.25, 0.3) is 0 Å². The minimum atomic E-state index is -4.87. The molecular weight excluding hydrogens is 514 g/mol. The SMILES string of the molecule is Cc1ccc2c(C[C@H](O)C(F)(F)F)c(F)ccc2c1Oc1ncccc1-c1ccnc(N[C@H]2CCCNC2)n1. The Bertz CT molecular complexity index is 1470. The zero-order valence-electron chi connectivity index (χ0n) is 21.1. The van der Waals surface area contributed by atoms with Crippen LogP contribution in [0.15, 0.2) is 54.9 Å². The van der Waals surface area contributed by atoms with E-state index in [4.69, 9.17) is 4.74 Å². The molecule has 5 rings (SSSR count). The van der Waals surface area contributed by atoms with Gasteiger partial charge < -0.3 is 20.5 Å². The van der Waals surface area contributed by atoms with Gasteiger partial charge in [0.2, 0.25) is 11.8 Å². The molecule has 2 atom stereocenters. The predicted octanol–water partition coefficient (Wildman–Crippen LogP) is 5.56. The highest BCUT2D eigenvalue weighted by atomic mass is 19.4. The Kier molecular flexibility index (Phi) is 7.62. The van der Waals surface area contributed by atoms with E-state index in [9.17, 15) is 22.7 Å². The van der Waals surface area contributed by atoms with E-state index in [1.165, 1.54) is 12.1 Å². The summed E-state index contributed by atoms with van der Waals surface area (Å²) >= 11 is 0. The second kappa shape index (κ2) is 11.1. The van der Waals surface area contributed by atoms with Crippen molar-refractivity contribution in [3.63, 3.8) is 0 Å². The molecule has 0 saturated carbocycles. The Morgan fingerprint density at radius 3 is 2.69 bits per heavy atom. The first-order valence-electron chi connectivity index (χ1n) is 12.6. The van der Waals surface area contributed by atoms with E-state index < -0.39 is 24.5 Å². The van der Waals surface area contributed by atoms with Crippen LogP contribution in [-0.4, -0.2) is 51.5 Å². The quantitative estimate of drug-likeness (QED) is 0.264. The van der Waals surface area contributed by atoms with Crippen molar-refractivity contribution < 1.29 is 27.4 Å². The molecule has 3 heterocycles. The van der Waals surface area contributed by atoms with Crippen LogP contribution < -0.4 is 15.4 Å². The molecule has 1 saturated heterocycles. The number of piperidine rings is 1. The van der Waals surface area contributed by atoms with Crippen LogP contribution in [0, 0.1) is 12.7 Å². The summed E-state index contributed by atoms with van der Waals surface area (Å²) in [5.41, 5.74) is 1.57. The van der Waals surface area contributed by atoms with Gasteiger partial charge in [-0.15, -0.1) is 0 Å². The number of nitrogens with zero attached hydrogens (tertiary/aromatic N) is 3. The van der Waals surface area contributed by atoms with Gasteiger partial charge in [-0.25, -0.2) is 19.3 Å². The number of aliphatic hydroxyl groups excluding tert-OH is 1. The van der Waals surface area contributed by atoms with Crippen LogP contribution in [0.2, 0.25) is 0 Å². The number of rotatable bonds is 7. The number of anilines is 1. The van der Waals surface area contributed by atoms with E-state index in [1.807, 2.05) is 0 Å². The Labute approximate surface area is 222 Å². The maximum Gasteiger partial charge on any atom is 0.414 e. The number of aliphatic hydroxyl groups is 1. The molecule has 2 aromatic carbocycles. The molecule has 0 aliphatic carbocycles. The van der Waals surface area contributed by atoms with E-state index in [2.05, 4.69) is 25.6 Å². The Hall–Kier alpha value is -3.83. The van der Waals surface area contributed by atoms with Gasteiger partial charge in [0, 0.05) is 36.8 Å². The van der Waals surface area contributed by atoms with Crippen molar-refractivity contribution in [2.24, 2.45) is 0 Å². The van der Waals surface area contributed by atoms with E-state index in [-0.39, 0.29) is 22.9 Å². The van der Waals surface area contributed by atoms with Gasteiger partial charge in [-0.2, -0.15) is 13.2 Å². The van der Waals surface area contributed by atoms with Gasteiger partial charge in [-0.05, 0) is 73.2 Å². The largest absolute Gasteiger partial charge is 0.437 e. The van der Waals surface area contributed by atoms with Crippen LogP contribution in [0.1, 0.15) is 24.0 Å². The van der Waals surface area contributed by atoms with E-state index in [0.717, 1.165) is 32.0 Å². The lowest BCUT2D eigenvalue weighted by atomic mass is 9.96. The fourth-order valence-electron chi connectivity index (χ4n) is 4.67. The fraction of sp³-hybridized carbons (Fsp3) is 0.321. The number of nitrogens with one attached hydrogen (secondary N) is 2. The van der Waals surface area contributed by atoms with E-state index in [1.54, 1.807) is 43.6 Å².